The van der Waals surface area contributed by atoms with Gasteiger partial charge in [0.15, 0.2) is 0 Å². The fourth-order valence-corrected chi connectivity index (χ4v) is 4.48. The number of hydrogen-bond acceptors (Lipinski definition) is 7. The molecule has 0 bridgehead atoms. The Morgan fingerprint density at radius 1 is 1.03 bits per heavy atom. The number of methoxy groups -OCH3 is 1. The summed E-state index contributed by atoms with van der Waals surface area (Å²) in [5.41, 5.74) is 1.43. The van der Waals surface area contributed by atoms with Crippen molar-refractivity contribution in [3.8, 4) is 0 Å². The summed E-state index contributed by atoms with van der Waals surface area (Å²) in [6, 6.07) is 12.6. The van der Waals surface area contributed by atoms with Gasteiger partial charge in [0.25, 0.3) is 11.7 Å². The third-order valence-corrected chi connectivity index (χ3v) is 6.59. The van der Waals surface area contributed by atoms with Crippen molar-refractivity contribution in [3.63, 3.8) is 0 Å². The predicted octanol–water partition coefficient (Wildman–Crippen LogP) is 2.99. The molecule has 8 nitrogen and oxygen atoms in total. The number of halogens is 1. The van der Waals surface area contributed by atoms with E-state index in [4.69, 9.17) is 9.47 Å². The summed E-state index contributed by atoms with van der Waals surface area (Å²) in [5, 5.41) is 11.1. The van der Waals surface area contributed by atoms with Gasteiger partial charge in [0.2, 0.25) is 0 Å². The predicted molar refractivity (Wildman–Crippen MR) is 128 cm³/mol. The minimum Gasteiger partial charge on any atom is -0.507 e. The summed E-state index contributed by atoms with van der Waals surface area (Å²) >= 11 is 3.36. The van der Waals surface area contributed by atoms with Crippen molar-refractivity contribution in [2.75, 3.05) is 46.5 Å². The first-order valence-corrected chi connectivity index (χ1v) is 11.7. The van der Waals surface area contributed by atoms with E-state index in [2.05, 4.69) is 20.8 Å². The van der Waals surface area contributed by atoms with E-state index in [-0.39, 0.29) is 11.3 Å². The van der Waals surface area contributed by atoms with Crippen molar-refractivity contribution < 1.29 is 29.0 Å². The van der Waals surface area contributed by atoms with Gasteiger partial charge in [0, 0.05) is 36.2 Å². The molecule has 34 heavy (non-hydrogen) atoms. The highest BCUT2D eigenvalue weighted by Gasteiger charge is 2.46. The molecule has 2 aromatic rings. The highest BCUT2D eigenvalue weighted by atomic mass is 79.9. The number of carbonyl (C=O) groups is 3. The number of rotatable bonds is 6. The molecule has 0 radical (unpaired) electrons. The van der Waals surface area contributed by atoms with E-state index in [0.29, 0.717) is 43.0 Å². The highest BCUT2D eigenvalue weighted by molar-refractivity contribution is 9.10. The van der Waals surface area contributed by atoms with E-state index >= 15 is 0 Å². The van der Waals surface area contributed by atoms with Crippen molar-refractivity contribution in [2.24, 2.45) is 0 Å². The SMILES string of the molecule is COC(=O)c1ccc([C@@H]2C(=C(O)c3ccc(Br)cc3)C(=O)C(=O)N2CCN2CCOCC2)cc1. The van der Waals surface area contributed by atoms with Crippen LogP contribution in [0, 0.1) is 0 Å². The Hall–Kier alpha value is -3.01. The zero-order chi connectivity index (χ0) is 24.2. The van der Waals surface area contributed by atoms with Crippen LogP contribution in [0.4, 0.5) is 0 Å². The Morgan fingerprint density at radius 3 is 2.26 bits per heavy atom. The molecular formula is C25H25BrN2O6. The molecule has 0 aliphatic carbocycles. The van der Waals surface area contributed by atoms with E-state index in [1.165, 1.54) is 12.0 Å². The fourth-order valence-electron chi connectivity index (χ4n) is 4.21. The van der Waals surface area contributed by atoms with Crippen LogP contribution in [0.15, 0.2) is 58.6 Å². The van der Waals surface area contributed by atoms with Crippen molar-refractivity contribution in [2.45, 2.75) is 6.04 Å². The molecule has 0 saturated carbocycles. The number of likely N-dealkylation sites (tertiary alicyclic amines) is 1. The van der Waals surface area contributed by atoms with E-state index in [1.807, 2.05) is 0 Å². The monoisotopic (exact) mass is 528 g/mol. The first-order valence-electron chi connectivity index (χ1n) is 10.9. The van der Waals surface area contributed by atoms with Gasteiger partial charge < -0.3 is 19.5 Å². The lowest BCUT2D eigenvalue weighted by Gasteiger charge is -2.31. The van der Waals surface area contributed by atoms with Crippen LogP contribution < -0.4 is 0 Å². The zero-order valence-electron chi connectivity index (χ0n) is 18.7. The summed E-state index contributed by atoms with van der Waals surface area (Å²) in [4.78, 5) is 41.8. The first kappa shape index (κ1) is 24.1. The van der Waals surface area contributed by atoms with Crippen molar-refractivity contribution in [1.29, 1.82) is 0 Å². The number of nitrogens with zero attached hydrogens (tertiary/aromatic N) is 2. The number of esters is 1. The average Bonchev–Trinajstić information content (AvgIpc) is 3.12. The number of carbonyl (C=O) groups excluding carboxylic acids is 3. The Morgan fingerprint density at radius 2 is 1.65 bits per heavy atom. The number of aliphatic hydroxyl groups excluding tert-OH is 1. The summed E-state index contributed by atoms with van der Waals surface area (Å²) in [7, 11) is 1.30. The van der Waals surface area contributed by atoms with Crippen LogP contribution in [0.25, 0.3) is 5.76 Å². The molecule has 2 fully saturated rings. The molecule has 9 heteroatoms. The lowest BCUT2D eigenvalue weighted by Crippen LogP contribution is -2.42. The van der Waals surface area contributed by atoms with Gasteiger partial charge in [-0.05, 0) is 29.8 Å². The topological polar surface area (TPSA) is 96.4 Å². The summed E-state index contributed by atoms with van der Waals surface area (Å²) in [6.07, 6.45) is 0. The molecule has 1 atom stereocenters. The largest absolute Gasteiger partial charge is 0.507 e. The van der Waals surface area contributed by atoms with Gasteiger partial charge in [-0.25, -0.2) is 4.79 Å². The Bertz CT molecular complexity index is 1110. The number of benzene rings is 2. The minimum absolute atomic E-state index is 0.0279. The van der Waals surface area contributed by atoms with Gasteiger partial charge in [0.05, 0.1) is 37.5 Å². The van der Waals surface area contributed by atoms with E-state index in [9.17, 15) is 19.5 Å². The van der Waals surface area contributed by atoms with Gasteiger partial charge in [-0.15, -0.1) is 0 Å². The molecular weight excluding hydrogens is 504 g/mol. The van der Waals surface area contributed by atoms with Crippen LogP contribution in [0.5, 0.6) is 0 Å². The second-order valence-electron chi connectivity index (χ2n) is 8.07. The number of aliphatic hydroxyl groups is 1. The molecule has 2 saturated heterocycles. The van der Waals surface area contributed by atoms with E-state index in [0.717, 1.165) is 17.6 Å². The van der Waals surface area contributed by atoms with Gasteiger partial charge in [-0.1, -0.05) is 40.2 Å². The van der Waals surface area contributed by atoms with Crippen molar-refractivity contribution in [1.82, 2.24) is 9.80 Å². The average molecular weight is 529 g/mol. The maximum Gasteiger partial charge on any atom is 0.337 e. The third-order valence-electron chi connectivity index (χ3n) is 6.07. The quantitative estimate of drug-likeness (QED) is 0.266. The lowest BCUT2D eigenvalue weighted by atomic mass is 9.94. The molecule has 0 aromatic heterocycles. The standard InChI is InChI=1S/C25H25BrN2O6/c1-33-25(32)18-4-2-16(3-5-18)21-20(22(29)17-6-8-19(26)9-7-17)23(30)24(31)28(21)11-10-27-12-14-34-15-13-27/h2-9,21,29H,10-15H2,1H3/t21-/m1/s1. The molecule has 0 spiro atoms. The number of ketones is 1. The van der Waals surface area contributed by atoms with Crippen LogP contribution in [0.3, 0.4) is 0 Å². The molecule has 1 amide bonds. The highest BCUT2D eigenvalue weighted by Crippen LogP contribution is 2.39. The van der Waals surface area contributed by atoms with E-state index < -0.39 is 23.7 Å². The maximum absolute atomic E-state index is 13.1. The molecule has 4 rings (SSSR count). The smallest absolute Gasteiger partial charge is 0.337 e. The number of amides is 1. The Balaban J connectivity index is 1.73. The van der Waals surface area contributed by atoms with Crippen molar-refractivity contribution >= 4 is 39.3 Å². The van der Waals surface area contributed by atoms with Crippen LogP contribution in [-0.2, 0) is 19.1 Å². The number of morpholine rings is 1. The van der Waals surface area contributed by atoms with Crippen LogP contribution in [-0.4, -0.2) is 79.1 Å². The maximum atomic E-state index is 13.1. The molecule has 1 N–H and O–H groups in total. The molecule has 178 valence electrons. The Labute approximate surface area is 205 Å². The molecule has 2 aliphatic heterocycles. The number of Topliss-reactive ketones (excluding diaryl/α,β-unsaturated/α-hetero) is 1. The summed E-state index contributed by atoms with van der Waals surface area (Å²) < 4.78 is 11.0. The van der Waals surface area contributed by atoms with Gasteiger partial charge in [-0.2, -0.15) is 0 Å². The minimum atomic E-state index is -0.781. The normalized spacial score (nSPS) is 20.5. The molecule has 0 unspecified atom stereocenters. The first-order chi connectivity index (χ1) is 16.4. The van der Waals surface area contributed by atoms with E-state index in [1.54, 1.807) is 48.5 Å². The third kappa shape index (κ3) is 4.91. The van der Waals surface area contributed by atoms with Gasteiger partial charge >= 0.3 is 5.97 Å². The molecule has 2 aliphatic rings. The second kappa shape index (κ2) is 10.5. The zero-order valence-corrected chi connectivity index (χ0v) is 20.3. The van der Waals surface area contributed by atoms with Gasteiger partial charge in [-0.3, -0.25) is 14.5 Å². The van der Waals surface area contributed by atoms with Crippen LogP contribution in [0.1, 0.15) is 27.5 Å². The fraction of sp³-hybridized carbons (Fsp3) is 0.320. The number of hydrogen-bond donors (Lipinski definition) is 1. The summed E-state index contributed by atoms with van der Waals surface area (Å²) in [6.45, 7) is 3.64. The Kier molecular flexibility index (Phi) is 7.45. The molecule has 2 heterocycles. The summed E-state index contributed by atoms with van der Waals surface area (Å²) in [5.74, 6) is -2.11. The van der Waals surface area contributed by atoms with Crippen LogP contribution in [0.2, 0.25) is 0 Å². The molecule has 2 aromatic carbocycles. The number of ether oxygens (including phenoxy) is 2. The van der Waals surface area contributed by atoms with Crippen molar-refractivity contribution in [3.05, 3.63) is 75.3 Å². The lowest BCUT2D eigenvalue weighted by molar-refractivity contribution is -0.140. The van der Waals surface area contributed by atoms with Gasteiger partial charge in [0.1, 0.15) is 5.76 Å². The second-order valence-corrected chi connectivity index (χ2v) is 8.98. The van der Waals surface area contributed by atoms with Crippen LogP contribution >= 0.6 is 15.9 Å².